The second-order valence-corrected chi connectivity index (χ2v) is 7.85. The summed E-state index contributed by atoms with van der Waals surface area (Å²) in [5.74, 6) is 0.581. The van der Waals surface area contributed by atoms with E-state index >= 15 is 0 Å². The molecule has 0 aliphatic carbocycles. The van der Waals surface area contributed by atoms with E-state index in [9.17, 15) is 18.0 Å². The average molecular weight is 420 g/mol. The topological polar surface area (TPSA) is 39.7 Å². The Kier molecular flexibility index (Phi) is 6.65. The van der Waals surface area contributed by atoms with Crippen molar-refractivity contribution in [2.24, 2.45) is 0 Å². The number of anilines is 1. The van der Waals surface area contributed by atoms with Crippen LogP contribution in [0, 0.1) is 13.8 Å². The predicted molar refractivity (Wildman–Crippen MR) is 110 cm³/mol. The summed E-state index contributed by atoms with van der Waals surface area (Å²) >= 11 is 0. The zero-order chi connectivity index (χ0) is 21.9. The summed E-state index contributed by atoms with van der Waals surface area (Å²) in [6.07, 6.45) is -3.51. The van der Waals surface area contributed by atoms with Gasteiger partial charge in [0.2, 0.25) is 5.91 Å². The number of benzene rings is 1. The zero-order valence-corrected chi connectivity index (χ0v) is 17.5. The number of likely N-dealkylation sites (N-methyl/N-ethyl adjacent to an activating group) is 1. The standard InChI is InChI=1S/C22H27F3N4O/c1-16-4-5-18(17(2)12-16)14-27(3)21(30)15-28-8-10-29(11-9-28)20-7-6-19(13-26-20)22(23,24)25/h4-7,12-13H,8-11,14-15H2,1-3H3. The van der Waals surface area contributed by atoms with Gasteiger partial charge in [-0.2, -0.15) is 13.2 Å². The van der Waals surface area contributed by atoms with Gasteiger partial charge in [-0.15, -0.1) is 0 Å². The molecule has 1 saturated heterocycles. The quantitative estimate of drug-likeness (QED) is 0.742. The number of nitrogens with zero attached hydrogens (tertiary/aromatic N) is 4. The van der Waals surface area contributed by atoms with Crippen molar-refractivity contribution in [1.82, 2.24) is 14.8 Å². The Balaban J connectivity index is 1.49. The number of amides is 1. The van der Waals surface area contributed by atoms with Crippen LogP contribution in [0.1, 0.15) is 22.3 Å². The van der Waals surface area contributed by atoms with Crippen LogP contribution >= 0.6 is 0 Å². The Morgan fingerprint density at radius 1 is 1.10 bits per heavy atom. The molecular formula is C22H27F3N4O. The van der Waals surface area contributed by atoms with Gasteiger partial charge in [0.05, 0.1) is 12.1 Å². The summed E-state index contributed by atoms with van der Waals surface area (Å²) in [7, 11) is 1.81. The fraction of sp³-hybridized carbons (Fsp3) is 0.455. The molecular weight excluding hydrogens is 393 g/mol. The van der Waals surface area contributed by atoms with E-state index in [-0.39, 0.29) is 5.91 Å². The Labute approximate surface area is 175 Å². The molecule has 1 aromatic heterocycles. The Hall–Kier alpha value is -2.61. The highest BCUT2D eigenvalue weighted by molar-refractivity contribution is 5.78. The summed E-state index contributed by atoms with van der Waals surface area (Å²) in [6.45, 7) is 7.55. The molecule has 0 atom stereocenters. The fourth-order valence-corrected chi connectivity index (χ4v) is 3.55. The van der Waals surface area contributed by atoms with Crippen LogP contribution in [0.2, 0.25) is 0 Å². The molecule has 0 N–H and O–H groups in total. The fourth-order valence-electron chi connectivity index (χ4n) is 3.55. The first-order chi connectivity index (χ1) is 14.1. The molecule has 1 fully saturated rings. The van der Waals surface area contributed by atoms with E-state index in [1.165, 1.54) is 17.2 Å². The minimum atomic E-state index is -4.38. The first kappa shape index (κ1) is 22.1. The van der Waals surface area contributed by atoms with Crippen LogP contribution in [0.4, 0.5) is 19.0 Å². The minimum absolute atomic E-state index is 0.0519. The van der Waals surface area contributed by atoms with Gasteiger partial charge in [0.25, 0.3) is 0 Å². The van der Waals surface area contributed by atoms with Gasteiger partial charge in [-0.1, -0.05) is 23.8 Å². The Morgan fingerprint density at radius 3 is 2.37 bits per heavy atom. The summed E-state index contributed by atoms with van der Waals surface area (Å²) in [4.78, 5) is 22.3. The number of pyridine rings is 1. The molecule has 8 heteroatoms. The zero-order valence-electron chi connectivity index (χ0n) is 17.5. The molecule has 162 valence electrons. The number of aryl methyl sites for hydroxylation is 2. The van der Waals surface area contributed by atoms with Gasteiger partial charge >= 0.3 is 6.18 Å². The Bertz CT molecular complexity index is 875. The molecule has 1 amide bonds. The number of hydrogen-bond donors (Lipinski definition) is 0. The second kappa shape index (κ2) is 9.04. The number of alkyl halides is 3. The highest BCUT2D eigenvalue weighted by atomic mass is 19.4. The number of piperazine rings is 1. The highest BCUT2D eigenvalue weighted by Gasteiger charge is 2.31. The molecule has 0 bridgehead atoms. The monoisotopic (exact) mass is 420 g/mol. The van der Waals surface area contributed by atoms with Crippen molar-refractivity contribution in [3.8, 4) is 0 Å². The number of carbonyl (C=O) groups excluding carboxylic acids is 1. The highest BCUT2D eigenvalue weighted by Crippen LogP contribution is 2.29. The van der Waals surface area contributed by atoms with E-state index in [1.54, 1.807) is 4.90 Å². The third-order valence-corrected chi connectivity index (χ3v) is 5.46. The van der Waals surface area contributed by atoms with Crippen LogP contribution in [0.3, 0.4) is 0 Å². The number of halogens is 3. The second-order valence-electron chi connectivity index (χ2n) is 7.85. The van der Waals surface area contributed by atoms with Crippen molar-refractivity contribution in [2.75, 3.05) is 44.7 Å². The maximum absolute atomic E-state index is 12.7. The lowest BCUT2D eigenvalue weighted by atomic mass is 10.1. The van der Waals surface area contributed by atoms with E-state index in [1.807, 2.05) is 18.9 Å². The maximum atomic E-state index is 12.7. The average Bonchev–Trinajstić information content (AvgIpc) is 2.70. The van der Waals surface area contributed by atoms with Gasteiger partial charge in [0.1, 0.15) is 5.82 Å². The van der Waals surface area contributed by atoms with Crippen molar-refractivity contribution in [3.63, 3.8) is 0 Å². The molecule has 30 heavy (non-hydrogen) atoms. The molecule has 0 unspecified atom stereocenters. The van der Waals surface area contributed by atoms with Gasteiger partial charge in [-0.25, -0.2) is 4.98 Å². The lowest BCUT2D eigenvalue weighted by Crippen LogP contribution is -2.49. The molecule has 0 saturated carbocycles. The largest absolute Gasteiger partial charge is 0.417 e. The van der Waals surface area contributed by atoms with E-state index in [4.69, 9.17) is 0 Å². The van der Waals surface area contributed by atoms with Gasteiger partial charge in [0.15, 0.2) is 0 Å². The lowest BCUT2D eigenvalue weighted by Gasteiger charge is -2.35. The number of hydrogen-bond acceptors (Lipinski definition) is 4. The Morgan fingerprint density at radius 2 is 1.80 bits per heavy atom. The first-order valence-electron chi connectivity index (χ1n) is 9.94. The normalized spacial score (nSPS) is 15.3. The molecule has 0 radical (unpaired) electrons. The van der Waals surface area contributed by atoms with E-state index < -0.39 is 11.7 Å². The third kappa shape index (κ3) is 5.50. The van der Waals surface area contributed by atoms with Crippen molar-refractivity contribution < 1.29 is 18.0 Å². The SMILES string of the molecule is Cc1ccc(CN(C)C(=O)CN2CCN(c3ccc(C(F)(F)F)cn3)CC2)c(C)c1. The van der Waals surface area contributed by atoms with Crippen LogP contribution < -0.4 is 4.90 Å². The summed E-state index contributed by atoms with van der Waals surface area (Å²) in [6, 6.07) is 8.68. The van der Waals surface area contributed by atoms with Crippen LogP contribution in [-0.4, -0.2) is 60.5 Å². The van der Waals surface area contributed by atoms with Crippen LogP contribution in [-0.2, 0) is 17.5 Å². The molecule has 5 nitrogen and oxygen atoms in total. The van der Waals surface area contributed by atoms with Crippen molar-refractivity contribution >= 4 is 11.7 Å². The van der Waals surface area contributed by atoms with Gasteiger partial charge in [0, 0.05) is 46.0 Å². The number of carbonyl (C=O) groups is 1. The molecule has 3 rings (SSSR count). The number of rotatable bonds is 5. The molecule has 1 aliphatic heterocycles. The summed E-state index contributed by atoms with van der Waals surface area (Å²) in [5.41, 5.74) is 2.76. The first-order valence-corrected chi connectivity index (χ1v) is 9.94. The smallest absolute Gasteiger partial charge is 0.354 e. The van der Waals surface area contributed by atoms with E-state index in [0.717, 1.165) is 17.8 Å². The molecule has 1 aliphatic rings. The lowest BCUT2D eigenvalue weighted by molar-refractivity contribution is -0.137. The summed E-state index contributed by atoms with van der Waals surface area (Å²) in [5, 5.41) is 0. The van der Waals surface area contributed by atoms with Gasteiger partial charge in [-0.05, 0) is 37.1 Å². The molecule has 1 aromatic carbocycles. The van der Waals surface area contributed by atoms with E-state index in [0.29, 0.717) is 45.1 Å². The van der Waals surface area contributed by atoms with Crippen LogP contribution in [0.15, 0.2) is 36.5 Å². The molecule has 2 aromatic rings. The van der Waals surface area contributed by atoms with Crippen molar-refractivity contribution in [1.29, 1.82) is 0 Å². The van der Waals surface area contributed by atoms with Crippen LogP contribution in [0.5, 0.6) is 0 Å². The van der Waals surface area contributed by atoms with Gasteiger partial charge < -0.3 is 9.80 Å². The van der Waals surface area contributed by atoms with Gasteiger partial charge in [-0.3, -0.25) is 9.69 Å². The maximum Gasteiger partial charge on any atom is 0.417 e. The van der Waals surface area contributed by atoms with Crippen LogP contribution in [0.25, 0.3) is 0 Å². The predicted octanol–water partition coefficient (Wildman–Crippen LogP) is 3.50. The number of aromatic nitrogens is 1. The van der Waals surface area contributed by atoms with E-state index in [2.05, 4.69) is 35.0 Å². The molecule has 2 heterocycles. The summed E-state index contributed by atoms with van der Waals surface area (Å²) < 4.78 is 38.0. The molecule has 0 spiro atoms. The third-order valence-electron chi connectivity index (χ3n) is 5.46. The van der Waals surface area contributed by atoms with Crippen molar-refractivity contribution in [2.45, 2.75) is 26.6 Å². The van der Waals surface area contributed by atoms with Crippen molar-refractivity contribution in [3.05, 3.63) is 58.8 Å². The minimum Gasteiger partial charge on any atom is -0.354 e.